The van der Waals surface area contributed by atoms with Crippen LogP contribution in [0, 0.1) is 5.92 Å². The van der Waals surface area contributed by atoms with Gasteiger partial charge in [0, 0.05) is 31.0 Å². The maximum absolute atomic E-state index is 12.5. The molecule has 0 spiro atoms. The maximum atomic E-state index is 12.5. The van der Waals surface area contributed by atoms with E-state index >= 15 is 0 Å². The summed E-state index contributed by atoms with van der Waals surface area (Å²) < 4.78 is 1.75. The molecule has 0 aliphatic carbocycles. The van der Waals surface area contributed by atoms with E-state index in [1.54, 1.807) is 10.9 Å². The molecule has 1 atom stereocenters. The minimum atomic E-state index is -0.680. The lowest BCUT2D eigenvalue weighted by molar-refractivity contribution is 0.0179. The molecule has 1 aliphatic rings. The Labute approximate surface area is 135 Å². The number of nitrogens with zero attached hydrogens (tertiary/aromatic N) is 3. The first-order valence-corrected chi connectivity index (χ1v) is 7.87. The largest absolute Gasteiger partial charge is 0.394 e. The number of hydrogen-bond donors (Lipinski definition) is 2. The zero-order chi connectivity index (χ0) is 16.2. The number of carbonyl (C=O) groups is 1. The van der Waals surface area contributed by atoms with Crippen LogP contribution in [0.15, 0.2) is 42.7 Å². The number of hydrogen-bond acceptors (Lipinski definition) is 4. The third-order valence-corrected chi connectivity index (χ3v) is 4.44. The summed E-state index contributed by atoms with van der Waals surface area (Å²) in [6.45, 7) is 1.01. The highest BCUT2D eigenvalue weighted by Gasteiger charge is 2.27. The van der Waals surface area contributed by atoms with Crippen LogP contribution in [-0.4, -0.2) is 56.6 Å². The Morgan fingerprint density at radius 3 is 2.52 bits per heavy atom. The Kier molecular flexibility index (Phi) is 4.73. The Balaban J connectivity index is 1.63. The lowest BCUT2D eigenvalue weighted by atomic mass is 9.91. The number of amides is 1. The molecule has 0 saturated carbocycles. The maximum Gasteiger partial charge on any atom is 0.253 e. The van der Waals surface area contributed by atoms with Crippen LogP contribution < -0.4 is 0 Å². The van der Waals surface area contributed by atoms with Crippen molar-refractivity contribution in [3.63, 3.8) is 0 Å². The molecule has 1 amide bonds. The number of aliphatic hydroxyl groups excluding tert-OH is 2. The van der Waals surface area contributed by atoms with Crippen molar-refractivity contribution in [1.82, 2.24) is 14.7 Å². The molecular weight excluding hydrogens is 294 g/mol. The van der Waals surface area contributed by atoms with Crippen molar-refractivity contribution in [1.29, 1.82) is 0 Å². The summed E-state index contributed by atoms with van der Waals surface area (Å²) in [6, 6.07) is 9.23. The van der Waals surface area contributed by atoms with Crippen molar-refractivity contribution in [2.24, 2.45) is 5.92 Å². The molecule has 6 nitrogen and oxygen atoms in total. The number of rotatable bonds is 4. The van der Waals surface area contributed by atoms with Crippen LogP contribution in [0.5, 0.6) is 0 Å². The molecule has 3 rings (SSSR count). The summed E-state index contributed by atoms with van der Waals surface area (Å²) in [7, 11) is 0. The summed E-state index contributed by atoms with van der Waals surface area (Å²) in [5.41, 5.74) is 1.57. The van der Waals surface area contributed by atoms with Crippen LogP contribution in [0.25, 0.3) is 5.69 Å². The van der Waals surface area contributed by atoms with Gasteiger partial charge in [0.05, 0.1) is 18.4 Å². The Bertz CT molecular complexity index is 632. The molecule has 1 aromatic carbocycles. The summed E-state index contributed by atoms with van der Waals surface area (Å²) in [4.78, 5) is 14.3. The quantitative estimate of drug-likeness (QED) is 0.885. The molecule has 1 unspecified atom stereocenters. The van der Waals surface area contributed by atoms with Gasteiger partial charge in [-0.1, -0.05) is 0 Å². The van der Waals surface area contributed by atoms with Gasteiger partial charge in [-0.2, -0.15) is 5.10 Å². The van der Waals surface area contributed by atoms with Crippen molar-refractivity contribution < 1.29 is 15.0 Å². The van der Waals surface area contributed by atoms with Gasteiger partial charge in [-0.25, -0.2) is 4.68 Å². The molecule has 0 bridgehead atoms. The van der Waals surface area contributed by atoms with Crippen LogP contribution >= 0.6 is 0 Å². The van der Waals surface area contributed by atoms with Crippen LogP contribution in [-0.2, 0) is 0 Å². The van der Waals surface area contributed by atoms with Gasteiger partial charge in [-0.05, 0) is 49.1 Å². The standard InChI is InChI=1S/C17H21N3O3/c21-12-16(22)13-6-10-19(11-7-13)17(23)14-2-4-15(5-3-14)20-9-1-8-18-20/h1-5,8-9,13,16,21-22H,6-7,10-12H2. The molecule has 0 radical (unpaired) electrons. The predicted molar refractivity (Wildman–Crippen MR) is 85.3 cm³/mol. The van der Waals surface area contributed by atoms with Crippen molar-refractivity contribution in [3.8, 4) is 5.69 Å². The normalized spacial score (nSPS) is 17.2. The van der Waals surface area contributed by atoms with Gasteiger partial charge >= 0.3 is 0 Å². The third-order valence-electron chi connectivity index (χ3n) is 4.44. The van der Waals surface area contributed by atoms with E-state index in [1.165, 1.54) is 0 Å². The minimum Gasteiger partial charge on any atom is -0.394 e. The van der Waals surface area contributed by atoms with Gasteiger partial charge in [0.25, 0.3) is 5.91 Å². The van der Waals surface area contributed by atoms with Gasteiger partial charge in [0.15, 0.2) is 0 Å². The van der Waals surface area contributed by atoms with E-state index in [2.05, 4.69) is 5.10 Å². The van der Waals surface area contributed by atoms with Gasteiger partial charge in [0.2, 0.25) is 0 Å². The van der Waals surface area contributed by atoms with Gasteiger partial charge in [-0.3, -0.25) is 4.79 Å². The fraction of sp³-hybridized carbons (Fsp3) is 0.412. The summed E-state index contributed by atoms with van der Waals surface area (Å²) in [5.74, 6) is 0.0835. The molecule has 2 heterocycles. The summed E-state index contributed by atoms with van der Waals surface area (Å²) in [6.07, 6.45) is 4.33. The van der Waals surface area contributed by atoms with E-state index in [0.717, 1.165) is 18.5 Å². The van der Waals surface area contributed by atoms with E-state index in [1.807, 2.05) is 41.4 Å². The Morgan fingerprint density at radius 2 is 1.96 bits per heavy atom. The second-order valence-corrected chi connectivity index (χ2v) is 5.88. The summed E-state index contributed by atoms with van der Waals surface area (Å²) in [5, 5.41) is 22.9. The minimum absolute atomic E-state index is 0.00829. The van der Waals surface area contributed by atoms with E-state index in [-0.39, 0.29) is 18.4 Å². The zero-order valence-corrected chi connectivity index (χ0v) is 12.9. The number of carbonyl (C=O) groups excluding carboxylic acids is 1. The molecule has 2 N–H and O–H groups in total. The smallest absolute Gasteiger partial charge is 0.253 e. The predicted octanol–water partition coefficient (Wildman–Crippen LogP) is 1.08. The van der Waals surface area contributed by atoms with Crippen LogP contribution in [0.3, 0.4) is 0 Å². The molecule has 1 fully saturated rings. The second-order valence-electron chi connectivity index (χ2n) is 5.88. The first-order valence-electron chi connectivity index (χ1n) is 7.87. The molecule has 122 valence electrons. The van der Waals surface area contributed by atoms with E-state index in [0.29, 0.717) is 18.7 Å². The average molecular weight is 315 g/mol. The van der Waals surface area contributed by atoms with Crippen molar-refractivity contribution in [2.75, 3.05) is 19.7 Å². The molecule has 1 aromatic heterocycles. The first kappa shape index (κ1) is 15.7. The fourth-order valence-corrected chi connectivity index (χ4v) is 3.00. The zero-order valence-electron chi connectivity index (χ0n) is 12.9. The Hall–Kier alpha value is -2.18. The number of piperidine rings is 1. The van der Waals surface area contributed by atoms with Gasteiger partial charge < -0.3 is 15.1 Å². The van der Waals surface area contributed by atoms with Crippen LogP contribution in [0.1, 0.15) is 23.2 Å². The highest BCUT2D eigenvalue weighted by Crippen LogP contribution is 2.22. The summed E-state index contributed by atoms with van der Waals surface area (Å²) >= 11 is 0. The van der Waals surface area contributed by atoms with Crippen molar-refractivity contribution in [2.45, 2.75) is 18.9 Å². The highest BCUT2D eigenvalue weighted by molar-refractivity contribution is 5.94. The first-order chi connectivity index (χ1) is 11.2. The van der Waals surface area contributed by atoms with Crippen LogP contribution in [0.2, 0.25) is 0 Å². The molecule has 23 heavy (non-hydrogen) atoms. The lowest BCUT2D eigenvalue weighted by Crippen LogP contribution is -2.42. The molecular formula is C17H21N3O3. The van der Waals surface area contributed by atoms with Gasteiger partial charge in [0.1, 0.15) is 0 Å². The van der Waals surface area contributed by atoms with Crippen LogP contribution in [0.4, 0.5) is 0 Å². The number of likely N-dealkylation sites (tertiary alicyclic amines) is 1. The number of benzene rings is 1. The average Bonchev–Trinajstić information content (AvgIpc) is 3.15. The molecule has 6 heteroatoms. The third kappa shape index (κ3) is 3.43. The molecule has 2 aromatic rings. The Morgan fingerprint density at radius 1 is 1.26 bits per heavy atom. The topological polar surface area (TPSA) is 78.6 Å². The number of aliphatic hydroxyl groups is 2. The van der Waals surface area contributed by atoms with Crippen molar-refractivity contribution in [3.05, 3.63) is 48.3 Å². The highest BCUT2D eigenvalue weighted by atomic mass is 16.3. The lowest BCUT2D eigenvalue weighted by Gasteiger charge is -2.33. The van der Waals surface area contributed by atoms with E-state index in [9.17, 15) is 9.90 Å². The van der Waals surface area contributed by atoms with E-state index in [4.69, 9.17) is 5.11 Å². The second kappa shape index (κ2) is 6.93. The monoisotopic (exact) mass is 315 g/mol. The molecule has 1 saturated heterocycles. The molecule has 1 aliphatic heterocycles. The van der Waals surface area contributed by atoms with Crippen molar-refractivity contribution >= 4 is 5.91 Å². The van der Waals surface area contributed by atoms with E-state index < -0.39 is 6.10 Å². The number of aromatic nitrogens is 2. The fourth-order valence-electron chi connectivity index (χ4n) is 3.00. The SMILES string of the molecule is O=C(c1ccc(-n2cccn2)cc1)N1CCC(C(O)CO)CC1. The van der Waals surface area contributed by atoms with Gasteiger partial charge in [-0.15, -0.1) is 0 Å².